The highest BCUT2D eigenvalue weighted by atomic mass is 19.4. The molecule has 0 radical (unpaired) electrons. The summed E-state index contributed by atoms with van der Waals surface area (Å²) in [6.45, 7) is 3.93. The van der Waals surface area contributed by atoms with E-state index in [1.165, 1.54) is 12.1 Å². The first-order valence-corrected chi connectivity index (χ1v) is 5.24. The van der Waals surface area contributed by atoms with Crippen LogP contribution in [0.2, 0.25) is 0 Å². The Morgan fingerprint density at radius 1 is 1.24 bits per heavy atom. The average Bonchev–Trinajstić information content (AvgIpc) is 2.60. The van der Waals surface area contributed by atoms with Crippen LogP contribution in [0.5, 0.6) is 5.75 Å². The van der Waals surface area contributed by atoms with Crippen molar-refractivity contribution in [2.45, 2.75) is 26.1 Å². The second kappa shape index (κ2) is 3.98. The molecule has 0 aliphatic rings. The van der Waals surface area contributed by atoms with Crippen molar-refractivity contribution in [3.8, 4) is 5.75 Å². The molecule has 0 fully saturated rings. The van der Waals surface area contributed by atoms with Gasteiger partial charge in [-0.15, -0.1) is 13.2 Å². The Kier molecular flexibility index (Phi) is 2.77. The van der Waals surface area contributed by atoms with Crippen LogP contribution in [-0.4, -0.2) is 11.3 Å². The number of rotatable bonds is 2. The zero-order valence-electron chi connectivity index (χ0n) is 9.43. The first-order valence-electron chi connectivity index (χ1n) is 5.24. The third-order valence-electron chi connectivity index (χ3n) is 2.49. The molecule has 0 spiro atoms. The second-order valence-electron chi connectivity index (χ2n) is 4.14. The smallest absolute Gasteiger partial charge is 0.405 e. The molecule has 2 nitrogen and oxygen atoms in total. The van der Waals surface area contributed by atoms with Gasteiger partial charge in [-0.1, -0.05) is 19.9 Å². The molecule has 1 heterocycles. The first-order chi connectivity index (χ1) is 7.87. The second-order valence-corrected chi connectivity index (χ2v) is 4.14. The molecule has 1 aromatic heterocycles. The molecule has 0 bridgehead atoms. The van der Waals surface area contributed by atoms with E-state index in [-0.39, 0.29) is 11.7 Å². The molecule has 0 unspecified atom stereocenters. The van der Waals surface area contributed by atoms with E-state index in [2.05, 4.69) is 9.72 Å². The summed E-state index contributed by atoms with van der Waals surface area (Å²) < 4.78 is 40.6. The maximum Gasteiger partial charge on any atom is 0.573 e. The lowest BCUT2D eigenvalue weighted by molar-refractivity contribution is -0.274. The lowest BCUT2D eigenvalue weighted by atomic mass is 10.1. The van der Waals surface area contributed by atoms with Crippen molar-refractivity contribution in [3.05, 3.63) is 30.0 Å². The molecule has 1 aromatic carbocycles. The standard InChI is InChI=1S/C12H12F3NO/c1-7(2)10-6-8-9(16-10)4-3-5-11(8)17-12(13,14)15/h3-7,16H,1-2H3. The number of fused-ring (bicyclic) bond motifs is 1. The fourth-order valence-electron chi connectivity index (χ4n) is 1.67. The van der Waals surface area contributed by atoms with Gasteiger partial charge in [0.05, 0.1) is 0 Å². The van der Waals surface area contributed by atoms with Gasteiger partial charge in [-0.25, -0.2) is 0 Å². The van der Waals surface area contributed by atoms with Crippen molar-refractivity contribution in [3.63, 3.8) is 0 Å². The van der Waals surface area contributed by atoms with Crippen LogP contribution in [0.1, 0.15) is 25.5 Å². The fraction of sp³-hybridized carbons (Fsp3) is 0.333. The highest BCUT2D eigenvalue weighted by Crippen LogP contribution is 2.32. The van der Waals surface area contributed by atoms with E-state index in [0.29, 0.717) is 10.9 Å². The minimum Gasteiger partial charge on any atom is -0.405 e. The number of hydrogen-bond donors (Lipinski definition) is 1. The Labute approximate surface area is 96.4 Å². The van der Waals surface area contributed by atoms with Crippen LogP contribution in [0.3, 0.4) is 0 Å². The van der Waals surface area contributed by atoms with E-state index in [1.807, 2.05) is 13.8 Å². The summed E-state index contributed by atoms with van der Waals surface area (Å²) in [6.07, 6.45) is -4.66. The maximum absolute atomic E-state index is 12.2. The predicted molar refractivity (Wildman–Crippen MR) is 59.1 cm³/mol. The van der Waals surface area contributed by atoms with Crippen molar-refractivity contribution in [1.82, 2.24) is 4.98 Å². The monoisotopic (exact) mass is 243 g/mol. The third-order valence-corrected chi connectivity index (χ3v) is 2.49. The van der Waals surface area contributed by atoms with E-state index in [4.69, 9.17) is 0 Å². The third kappa shape index (κ3) is 2.54. The zero-order valence-corrected chi connectivity index (χ0v) is 9.43. The molecule has 92 valence electrons. The van der Waals surface area contributed by atoms with Crippen LogP contribution in [0.15, 0.2) is 24.3 Å². The quantitative estimate of drug-likeness (QED) is 0.840. The Hall–Kier alpha value is -1.65. The number of nitrogens with one attached hydrogen (secondary N) is 1. The first kappa shape index (κ1) is 11.8. The van der Waals surface area contributed by atoms with Gasteiger partial charge in [-0.2, -0.15) is 0 Å². The average molecular weight is 243 g/mol. The maximum atomic E-state index is 12.2. The van der Waals surface area contributed by atoms with Crippen LogP contribution < -0.4 is 4.74 Å². The minimum absolute atomic E-state index is 0.168. The summed E-state index contributed by atoms with van der Waals surface area (Å²) in [5, 5.41) is 0.452. The molecule has 0 saturated carbocycles. The molecule has 0 amide bonds. The van der Waals surface area contributed by atoms with Crippen molar-refractivity contribution < 1.29 is 17.9 Å². The van der Waals surface area contributed by atoms with E-state index >= 15 is 0 Å². The van der Waals surface area contributed by atoms with Gasteiger partial charge in [0.1, 0.15) is 5.75 Å². The van der Waals surface area contributed by atoms with Gasteiger partial charge in [-0.3, -0.25) is 0 Å². The molecular weight excluding hydrogens is 231 g/mol. The molecule has 17 heavy (non-hydrogen) atoms. The van der Waals surface area contributed by atoms with Gasteiger partial charge >= 0.3 is 6.36 Å². The normalized spacial score (nSPS) is 12.4. The summed E-state index contributed by atoms with van der Waals surface area (Å²) >= 11 is 0. The number of benzene rings is 1. The Balaban J connectivity index is 2.49. The molecule has 0 atom stereocenters. The molecule has 0 aliphatic heterocycles. The summed E-state index contributed by atoms with van der Waals surface area (Å²) in [7, 11) is 0. The van der Waals surface area contributed by atoms with E-state index in [0.717, 1.165) is 5.69 Å². The summed E-state index contributed by atoms with van der Waals surface area (Å²) in [6, 6.07) is 6.27. The number of hydrogen-bond acceptors (Lipinski definition) is 1. The highest BCUT2D eigenvalue weighted by Gasteiger charge is 2.31. The highest BCUT2D eigenvalue weighted by molar-refractivity contribution is 5.86. The van der Waals surface area contributed by atoms with Gasteiger partial charge in [-0.05, 0) is 24.1 Å². The topological polar surface area (TPSA) is 25.0 Å². The van der Waals surface area contributed by atoms with Gasteiger partial charge in [0.15, 0.2) is 0 Å². The van der Waals surface area contributed by atoms with Crippen molar-refractivity contribution in [2.24, 2.45) is 0 Å². The van der Waals surface area contributed by atoms with Crippen molar-refractivity contribution in [2.75, 3.05) is 0 Å². The molecule has 2 aromatic rings. The number of alkyl halides is 3. The van der Waals surface area contributed by atoms with E-state index < -0.39 is 6.36 Å². The number of aromatic amines is 1. The Bertz CT molecular complexity index is 528. The van der Waals surface area contributed by atoms with Gasteiger partial charge in [0.25, 0.3) is 0 Å². The van der Waals surface area contributed by atoms with E-state index in [9.17, 15) is 13.2 Å². The fourth-order valence-corrected chi connectivity index (χ4v) is 1.67. The molecular formula is C12H12F3NO. The Morgan fingerprint density at radius 2 is 1.94 bits per heavy atom. The van der Waals surface area contributed by atoms with Gasteiger partial charge in [0, 0.05) is 16.6 Å². The molecule has 0 aliphatic carbocycles. The van der Waals surface area contributed by atoms with Gasteiger partial charge in [0.2, 0.25) is 0 Å². The molecule has 0 saturated heterocycles. The van der Waals surface area contributed by atoms with Crippen molar-refractivity contribution in [1.29, 1.82) is 0 Å². The van der Waals surface area contributed by atoms with Crippen LogP contribution >= 0.6 is 0 Å². The molecule has 2 rings (SSSR count). The van der Waals surface area contributed by atoms with Crippen molar-refractivity contribution >= 4 is 10.9 Å². The molecule has 1 N–H and O–H groups in total. The largest absolute Gasteiger partial charge is 0.573 e. The summed E-state index contributed by atoms with van der Waals surface area (Å²) in [5.41, 5.74) is 1.54. The number of H-pyrrole nitrogens is 1. The SMILES string of the molecule is CC(C)c1cc2c(OC(F)(F)F)cccc2[nH]1. The van der Waals surface area contributed by atoms with Crippen LogP contribution in [0.25, 0.3) is 10.9 Å². The number of halogens is 3. The summed E-state index contributed by atoms with van der Waals surface area (Å²) in [5.74, 6) is 0.0549. The predicted octanol–water partition coefficient (Wildman–Crippen LogP) is 4.19. The van der Waals surface area contributed by atoms with Crippen LogP contribution in [0, 0.1) is 0 Å². The van der Waals surface area contributed by atoms with Gasteiger partial charge < -0.3 is 9.72 Å². The molecule has 5 heteroatoms. The van der Waals surface area contributed by atoms with E-state index in [1.54, 1.807) is 12.1 Å². The minimum atomic E-state index is -4.66. The summed E-state index contributed by atoms with van der Waals surface area (Å²) in [4.78, 5) is 3.07. The van der Waals surface area contributed by atoms with Crippen LogP contribution in [0.4, 0.5) is 13.2 Å². The Morgan fingerprint density at radius 3 is 2.53 bits per heavy atom. The zero-order chi connectivity index (χ0) is 12.6. The lowest BCUT2D eigenvalue weighted by Crippen LogP contribution is -2.17. The van der Waals surface area contributed by atoms with Crippen LogP contribution in [-0.2, 0) is 0 Å². The lowest BCUT2D eigenvalue weighted by Gasteiger charge is -2.09. The number of ether oxygens (including phenoxy) is 1. The number of aromatic nitrogens is 1.